The minimum atomic E-state index is -1.67. The summed E-state index contributed by atoms with van der Waals surface area (Å²) in [4.78, 5) is 43.8. The molecule has 0 bridgehead atoms. The number of phenols is 1. The van der Waals surface area contributed by atoms with Gasteiger partial charge in [-0.1, -0.05) is 41.9 Å². The number of hydrogen-bond donors (Lipinski definition) is 4. The van der Waals surface area contributed by atoms with Crippen LogP contribution in [0.15, 0.2) is 53.3 Å². The van der Waals surface area contributed by atoms with Crippen LogP contribution in [0.5, 0.6) is 5.75 Å². The molecule has 1 aliphatic heterocycles. The molecule has 0 spiro atoms. The van der Waals surface area contributed by atoms with Crippen molar-refractivity contribution in [3.8, 4) is 5.75 Å². The van der Waals surface area contributed by atoms with E-state index in [0.29, 0.717) is 23.0 Å². The first-order chi connectivity index (χ1) is 20.9. The summed E-state index contributed by atoms with van der Waals surface area (Å²) in [6.07, 6.45) is 2.56. The fraction of sp³-hybridized carbons (Fsp3) is 0.441. The summed E-state index contributed by atoms with van der Waals surface area (Å²) in [5.74, 6) is -4.27. The number of benzene rings is 2. The number of hydrogen-bond acceptors (Lipinski definition) is 8. The van der Waals surface area contributed by atoms with Crippen LogP contribution in [0.3, 0.4) is 0 Å². The molecule has 0 aromatic heterocycles. The van der Waals surface area contributed by atoms with Crippen molar-refractivity contribution in [3.05, 3.63) is 80.6 Å². The molecule has 44 heavy (non-hydrogen) atoms. The van der Waals surface area contributed by atoms with Gasteiger partial charge in [-0.05, 0) is 94.4 Å². The Balaban J connectivity index is 1.34. The number of nitrogens with two attached hydrogens (primary N) is 1. The molecule has 0 unspecified atom stereocenters. The second kappa shape index (κ2) is 11.1. The quantitative estimate of drug-likeness (QED) is 0.363. The first-order valence-electron chi connectivity index (χ1n) is 15.1. The van der Waals surface area contributed by atoms with Gasteiger partial charge in [-0.3, -0.25) is 24.2 Å². The van der Waals surface area contributed by atoms with E-state index < -0.39 is 52.1 Å². The predicted octanol–water partition coefficient (Wildman–Crippen LogP) is 4.27. The summed E-state index contributed by atoms with van der Waals surface area (Å²) in [5, 5.41) is 34.4. The van der Waals surface area contributed by atoms with Gasteiger partial charge >= 0.3 is 0 Å². The number of likely N-dealkylation sites (N-methyl/N-ethyl adjacent to an activating group) is 1. The lowest BCUT2D eigenvalue weighted by Gasteiger charge is -2.51. The van der Waals surface area contributed by atoms with E-state index in [9.17, 15) is 29.7 Å². The van der Waals surface area contributed by atoms with Gasteiger partial charge in [0, 0.05) is 23.1 Å². The zero-order chi connectivity index (χ0) is 31.7. The minimum Gasteiger partial charge on any atom is -0.510 e. The van der Waals surface area contributed by atoms with E-state index in [0.717, 1.165) is 31.5 Å². The molecule has 0 radical (unpaired) electrons. The molecule has 2 aromatic rings. The average molecular weight is 620 g/mol. The first-order valence-corrected chi connectivity index (χ1v) is 15.5. The van der Waals surface area contributed by atoms with E-state index in [4.69, 9.17) is 17.3 Å². The highest BCUT2D eigenvalue weighted by molar-refractivity contribution is 6.32. The van der Waals surface area contributed by atoms with Gasteiger partial charge in [0.1, 0.15) is 22.8 Å². The van der Waals surface area contributed by atoms with Crippen LogP contribution in [-0.2, 0) is 27.3 Å². The molecule has 4 aliphatic rings. The van der Waals surface area contributed by atoms with E-state index in [1.54, 1.807) is 25.1 Å². The van der Waals surface area contributed by atoms with Gasteiger partial charge < -0.3 is 21.1 Å². The van der Waals surface area contributed by atoms with Crippen molar-refractivity contribution in [3.63, 3.8) is 0 Å². The van der Waals surface area contributed by atoms with Gasteiger partial charge in [-0.15, -0.1) is 0 Å². The number of carbonyl (C=O) groups is 3. The molecule has 2 fully saturated rings. The van der Waals surface area contributed by atoms with Gasteiger partial charge in [0.2, 0.25) is 0 Å². The fourth-order valence-corrected chi connectivity index (χ4v) is 8.43. The number of nitrogens with zero attached hydrogens (tertiary/aromatic N) is 2. The van der Waals surface area contributed by atoms with E-state index in [-0.39, 0.29) is 35.5 Å². The van der Waals surface area contributed by atoms with Crippen molar-refractivity contribution in [2.24, 2.45) is 23.0 Å². The molecule has 2 aromatic carbocycles. The van der Waals surface area contributed by atoms with Crippen molar-refractivity contribution >= 4 is 34.8 Å². The number of piperidine rings is 1. The number of fused-ring (bicyclic) bond motifs is 3. The number of carbonyl (C=O) groups excluding carboxylic acids is 3. The molecule has 10 heteroatoms. The van der Waals surface area contributed by atoms with Crippen LogP contribution in [0.4, 0.5) is 0 Å². The third kappa shape index (κ3) is 4.55. The summed E-state index contributed by atoms with van der Waals surface area (Å²) < 4.78 is 0. The standard InChI is InChI=1S/C34H38ClN3O6/c1-34-22(28(37(2)3)30(41)26(32(34)43)33(36)44)14-19-13-21-25(29(40)24(19)31(34)42)23(39)15-20(27(21)35)16-38-11-9-18(10-12-38)17-7-5-4-6-8-17/h4-8,15,18-19,22,28,39-40,43H,9-14,16H2,1-3H3,(H2,36,44)/t19-,22-,28-,34+/m0/s1. The fourth-order valence-electron chi connectivity index (χ4n) is 8.15. The number of allylic oxidation sites excluding steroid dienone is 2. The number of amides is 1. The van der Waals surface area contributed by atoms with Crippen LogP contribution < -0.4 is 5.73 Å². The van der Waals surface area contributed by atoms with Crippen molar-refractivity contribution in [1.82, 2.24) is 9.80 Å². The van der Waals surface area contributed by atoms with Crippen molar-refractivity contribution in [2.45, 2.75) is 51.1 Å². The Bertz CT molecular complexity index is 1620. The molecule has 1 amide bonds. The molecule has 5 N–H and O–H groups in total. The normalized spacial score (nSPS) is 27.8. The van der Waals surface area contributed by atoms with Gasteiger partial charge in [-0.2, -0.15) is 0 Å². The number of rotatable bonds is 5. The lowest BCUT2D eigenvalue weighted by molar-refractivity contribution is -0.139. The molecular weight excluding hydrogens is 582 g/mol. The van der Waals surface area contributed by atoms with Crippen molar-refractivity contribution in [2.75, 3.05) is 27.2 Å². The maximum Gasteiger partial charge on any atom is 0.255 e. The Morgan fingerprint density at radius 1 is 1.09 bits per heavy atom. The summed E-state index contributed by atoms with van der Waals surface area (Å²) in [6.45, 7) is 3.79. The van der Waals surface area contributed by atoms with Gasteiger partial charge in [-0.25, -0.2) is 0 Å². The van der Waals surface area contributed by atoms with Crippen LogP contribution in [0.1, 0.15) is 54.4 Å². The molecule has 6 rings (SSSR count). The maximum atomic E-state index is 14.2. The second-order valence-corrected chi connectivity index (χ2v) is 13.5. The van der Waals surface area contributed by atoms with E-state index in [1.165, 1.54) is 12.5 Å². The highest BCUT2D eigenvalue weighted by atomic mass is 35.5. The highest BCUT2D eigenvalue weighted by Gasteiger charge is 2.62. The van der Waals surface area contributed by atoms with Crippen LogP contribution in [-0.4, -0.2) is 75.8 Å². The Morgan fingerprint density at radius 2 is 1.75 bits per heavy atom. The van der Waals surface area contributed by atoms with Crippen LogP contribution >= 0.6 is 11.6 Å². The molecule has 1 saturated carbocycles. The van der Waals surface area contributed by atoms with Gasteiger partial charge in [0.05, 0.1) is 17.0 Å². The van der Waals surface area contributed by atoms with E-state index >= 15 is 0 Å². The number of phenolic OH excluding ortho intramolecular Hbond substituents is 1. The lowest BCUT2D eigenvalue weighted by atomic mass is 9.53. The summed E-state index contributed by atoms with van der Waals surface area (Å²) in [5.41, 5.74) is 6.05. The SMILES string of the molecule is CN(C)[C@@H]1C(=O)C(C(N)=O)=C(O)[C@@]2(C)C(=O)C3=C(O)c4c(O)cc(CN5CCC(c6ccccc6)CC5)c(Cl)c4C[C@H]3C[C@@H]12. The third-order valence-corrected chi connectivity index (χ3v) is 10.9. The first kappa shape index (κ1) is 30.4. The molecule has 232 valence electrons. The molecule has 4 atom stereocenters. The highest BCUT2D eigenvalue weighted by Crippen LogP contribution is 2.57. The summed E-state index contributed by atoms with van der Waals surface area (Å²) in [6, 6.07) is 11.2. The lowest BCUT2D eigenvalue weighted by Crippen LogP contribution is -2.60. The number of ketones is 2. The zero-order valence-electron chi connectivity index (χ0n) is 25.1. The third-order valence-electron chi connectivity index (χ3n) is 10.4. The Labute approximate surface area is 261 Å². The number of likely N-dealkylation sites (tertiary alicyclic amines) is 1. The van der Waals surface area contributed by atoms with Crippen molar-refractivity contribution < 1.29 is 29.7 Å². The molecule has 9 nitrogen and oxygen atoms in total. The number of primary amides is 1. The summed E-state index contributed by atoms with van der Waals surface area (Å²) in [7, 11) is 3.36. The Hall–Kier alpha value is -3.66. The molecule has 3 aliphatic carbocycles. The Morgan fingerprint density at radius 3 is 2.36 bits per heavy atom. The Kier molecular flexibility index (Phi) is 7.63. The number of aliphatic hydroxyl groups excluding tert-OH is 2. The maximum absolute atomic E-state index is 14.2. The second-order valence-electron chi connectivity index (χ2n) is 13.1. The number of aromatic hydroxyl groups is 1. The van der Waals surface area contributed by atoms with Crippen LogP contribution in [0.2, 0.25) is 5.02 Å². The number of halogens is 1. The zero-order valence-corrected chi connectivity index (χ0v) is 25.9. The largest absolute Gasteiger partial charge is 0.510 e. The topological polar surface area (TPSA) is 144 Å². The average Bonchev–Trinajstić information content (AvgIpc) is 2.98. The van der Waals surface area contributed by atoms with Crippen LogP contribution in [0.25, 0.3) is 5.76 Å². The van der Waals surface area contributed by atoms with Gasteiger partial charge in [0.25, 0.3) is 5.91 Å². The number of Topliss-reactive ketones (excluding diaryl/α,β-unsaturated/α-hetero) is 2. The predicted molar refractivity (Wildman–Crippen MR) is 166 cm³/mol. The monoisotopic (exact) mass is 619 g/mol. The van der Waals surface area contributed by atoms with E-state index in [2.05, 4.69) is 29.2 Å². The van der Waals surface area contributed by atoms with Gasteiger partial charge in [0.15, 0.2) is 11.6 Å². The van der Waals surface area contributed by atoms with E-state index in [1.807, 2.05) is 6.07 Å². The smallest absolute Gasteiger partial charge is 0.255 e. The van der Waals surface area contributed by atoms with Crippen LogP contribution in [0, 0.1) is 17.3 Å². The molecular formula is C34H38ClN3O6. The molecule has 1 saturated heterocycles. The summed E-state index contributed by atoms with van der Waals surface area (Å²) >= 11 is 7.00. The number of aliphatic hydroxyl groups is 2. The van der Waals surface area contributed by atoms with Crippen molar-refractivity contribution in [1.29, 1.82) is 0 Å². The minimum absolute atomic E-state index is 0.0561. The molecule has 1 heterocycles.